The molecular formula is C21H19NO5. The first-order valence-corrected chi connectivity index (χ1v) is 8.86. The zero-order valence-electron chi connectivity index (χ0n) is 14.8. The summed E-state index contributed by atoms with van der Waals surface area (Å²) < 4.78 is 11.3. The maximum Gasteiger partial charge on any atom is 0.290 e. The minimum Gasteiger partial charge on any atom is -0.494 e. The minimum atomic E-state index is -0.601. The molecule has 1 aromatic heterocycles. The van der Waals surface area contributed by atoms with Crippen LogP contribution in [0.25, 0.3) is 11.0 Å². The average Bonchev–Trinajstić information content (AvgIpc) is 2.96. The van der Waals surface area contributed by atoms with Crippen LogP contribution in [-0.4, -0.2) is 35.7 Å². The molecule has 0 saturated heterocycles. The summed E-state index contributed by atoms with van der Waals surface area (Å²) in [6.07, 6.45) is 0. The number of amides is 1. The standard InChI is InChI=1S/C21H19NO5/c1-2-26-14-9-7-13(8-10-14)18-17-19(24)15-5-3-4-6-16(15)27-20(17)21(25)22(18)11-12-23/h3-10,18,23H,2,11-12H2,1H3/t18-/m1/s1. The number of rotatable bonds is 5. The number of hydrogen-bond donors (Lipinski definition) is 1. The van der Waals surface area contributed by atoms with Crippen molar-refractivity contribution in [3.05, 3.63) is 75.6 Å². The molecule has 27 heavy (non-hydrogen) atoms. The number of nitrogens with zero attached hydrogens (tertiary/aromatic N) is 1. The quantitative estimate of drug-likeness (QED) is 0.752. The molecule has 3 aromatic rings. The second-order valence-electron chi connectivity index (χ2n) is 6.30. The van der Waals surface area contributed by atoms with Crippen molar-refractivity contribution >= 4 is 16.9 Å². The van der Waals surface area contributed by atoms with Gasteiger partial charge in [0.25, 0.3) is 5.91 Å². The first kappa shape index (κ1) is 17.3. The molecule has 0 radical (unpaired) electrons. The van der Waals surface area contributed by atoms with E-state index in [4.69, 9.17) is 9.15 Å². The van der Waals surface area contributed by atoms with Crippen LogP contribution in [0, 0.1) is 0 Å². The van der Waals surface area contributed by atoms with Crippen molar-refractivity contribution in [3.63, 3.8) is 0 Å². The van der Waals surface area contributed by atoms with Crippen LogP contribution < -0.4 is 10.2 Å². The lowest BCUT2D eigenvalue weighted by molar-refractivity contribution is 0.0691. The summed E-state index contributed by atoms with van der Waals surface area (Å²) in [6, 6.07) is 13.6. The van der Waals surface area contributed by atoms with Crippen molar-refractivity contribution < 1.29 is 19.1 Å². The predicted molar refractivity (Wildman–Crippen MR) is 100 cm³/mol. The summed E-state index contributed by atoms with van der Waals surface area (Å²) in [7, 11) is 0. The lowest BCUT2D eigenvalue weighted by Gasteiger charge is -2.24. The van der Waals surface area contributed by atoms with Gasteiger partial charge in [0.2, 0.25) is 5.76 Å². The third kappa shape index (κ3) is 2.78. The molecule has 0 aliphatic carbocycles. The topological polar surface area (TPSA) is 80.0 Å². The number of carbonyl (C=O) groups is 1. The number of hydrogen-bond acceptors (Lipinski definition) is 5. The normalized spacial score (nSPS) is 16.0. The van der Waals surface area contributed by atoms with E-state index < -0.39 is 6.04 Å². The van der Waals surface area contributed by atoms with Crippen LogP contribution in [0.2, 0.25) is 0 Å². The molecule has 1 N–H and O–H groups in total. The van der Waals surface area contributed by atoms with Crippen LogP contribution in [0.4, 0.5) is 0 Å². The van der Waals surface area contributed by atoms with Crippen LogP contribution in [0.15, 0.2) is 57.7 Å². The van der Waals surface area contributed by atoms with Gasteiger partial charge in [-0.3, -0.25) is 9.59 Å². The van der Waals surface area contributed by atoms with E-state index in [0.717, 1.165) is 5.56 Å². The Morgan fingerprint density at radius 1 is 1.11 bits per heavy atom. The third-order valence-corrected chi connectivity index (χ3v) is 4.72. The monoisotopic (exact) mass is 365 g/mol. The smallest absolute Gasteiger partial charge is 0.290 e. The molecular weight excluding hydrogens is 346 g/mol. The van der Waals surface area contributed by atoms with Crippen molar-refractivity contribution in [2.24, 2.45) is 0 Å². The zero-order chi connectivity index (χ0) is 19.0. The summed E-state index contributed by atoms with van der Waals surface area (Å²) in [6.45, 7) is 2.35. The van der Waals surface area contributed by atoms with Gasteiger partial charge < -0.3 is 19.2 Å². The SMILES string of the molecule is CCOc1ccc([C@@H]2c3c(oc4ccccc4c3=O)C(=O)N2CCO)cc1. The Labute approximate surface area is 155 Å². The number of aliphatic hydroxyl groups excluding tert-OH is 1. The van der Waals surface area contributed by atoms with Crippen molar-refractivity contribution in [2.45, 2.75) is 13.0 Å². The van der Waals surface area contributed by atoms with Crippen molar-refractivity contribution in [3.8, 4) is 5.75 Å². The average molecular weight is 365 g/mol. The first-order chi connectivity index (χ1) is 13.2. The first-order valence-electron chi connectivity index (χ1n) is 8.86. The Hall–Kier alpha value is -3.12. The third-order valence-electron chi connectivity index (χ3n) is 4.72. The Morgan fingerprint density at radius 3 is 2.56 bits per heavy atom. The highest BCUT2D eigenvalue weighted by atomic mass is 16.5. The van der Waals surface area contributed by atoms with E-state index in [1.165, 1.54) is 4.90 Å². The summed E-state index contributed by atoms with van der Waals surface area (Å²) >= 11 is 0. The fourth-order valence-corrected chi connectivity index (χ4v) is 3.57. The van der Waals surface area contributed by atoms with E-state index in [-0.39, 0.29) is 30.2 Å². The Kier molecular flexibility index (Phi) is 4.41. The van der Waals surface area contributed by atoms with Gasteiger partial charge in [-0.25, -0.2) is 0 Å². The van der Waals surface area contributed by atoms with E-state index in [0.29, 0.717) is 28.9 Å². The van der Waals surface area contributed by atoms with E-state index >= 15 is 0 Å². The molecule has 0 bridgehead atoms. The van der Waals surface area contributed by atoms with Crippen LogP contribution >= 0.6 is 0 Å². The molecule has 6 nitrogen and oxygen atoms in total. The maximum atomic E-state index is 13.1. The second kappa shape index (κ2) is 6.89. The lowest BCUT2D eigenvalue weighted by atomic mass is 9.98. The molecule has 138 valence electrons. The predicted octanol–water partition coefficient (Wildman–Crippen LogP) is 2.73. The molecule has 0 fully saturated rings. The molecule has 0 saturated carbocycles. The lowest BCUT2D eigenvalue weighted by Crippen LogP contribution is -2.32. The highest BCUT2D eigenvalue weighted by Gasteiger charge is 2.42. The molecule has 1 aliphatic heterocycles. The molecule has 1 amide bonds. The molecule has 1 aliphatic rings. The summed E-state index contributed by atoms with van der Waals surface area (Å²) in [5.41, 5.74) is 1.24. The molecule has 2 heterocycles. The van der Waals surface area contributed by atoms with Crippen molar-refractivity contribution in [1.82, 2.24) is 4.90 Å². The van der Waals surface area contributed by atoms with Gasteiger partial charge in [-0.2, -0.15) is 0 Å². The summed E-state index contributed by atoms with van der Waals surface area (Å²) in [5.74, 6) is 0.372. The van der Waals surface area contributed by atoms with Gasteiger partial charge in [0.15, 0.2) is 5.43 Å². The van der Waals surface area contributed by atoms with E-state index in [1.54, 1.807) is 36.4 Å². The number of aliphatic hydroxyl groups is 1. The van der Waals surface area contributed by atoms with E-state index in [1.807, 2.05) is 19.1 Å². The van der Waals surface area contributed by atoms with Gasteiger partial charge in [0.05, 0.1) is 30.2 Å². The number of β-amino-alcohol motifs (C(OH)–C–C–N with tert-alkyl or cyclic N) is 1. The molecule has 2 aromatic carbocycles. The number of benzene rings is 2. The van der Waals surface area contributed by atoms with Gasteiger partial charge >= 0.3 is 0 Å². The Bertz CT molecular complexity index is 1050. The highest BCUT2D eigenvalue weighted by molar-refractivity contribution is 5.99. The van der Waals surface area contributed by atoms with Gasteiger partial charge in [-0.05, 0) is 36.8 Å². The van der Waals surface area contributed by atoms with Crippen LogP contribution in [-0.2, 0) is 0 Å². The molecule has 6 heteroatoms. The highest BCUT2D eigenvalue weighted by Crippen LogP contribution is 2.38. The van der Waals surface area contributed by atoms with Crippen LogP contribution in [0.1, 0.15) is 34.6 Å². The van der Waals surface area contributed by atoms with Gasteiger partial charge in [0, 0.05) is 6.54 Å². The molecule has 4 rings (SSSR count). The number of para-hydroxylation sites is 1. The summed E-state index contributed by atoms with van der Waals surface area (Å²) in [4.78, 5) is 27.5. The largest absolute Gasteiger partial charge is 0.494 e. The van der Waals surface area contributed by atoms with Gasteiger partial charge in [-0.1, -0.05) is 24.3 Å². The number of ether oxygens (including phenoxy) is 1. The van der Waals surface area contributed by atoms with Crippen LogP contribution in [0.5, 0.6) is 5.75 Å². The fourth-order valence-electron chi connectivity index (χ4n) is 3.57. The molecule has 1 atom stereocenters. The zero-order valence-corrected chi connectivity index (χ0v) is 14.8. The van der Waals surface area contributed by atoms with Crippen molar-refractivity contribution in [2.75, 3.05) is 19.8 Å². The Morgan fingerprint density at radius 2 is 1.85 bits per heavy atom. The number of carbonyl (C=O) groups excluding carboxylic acids is 1. The van der Waals surface area contributed by atoms with E-state index in [2.05, 4.69) is 0 Å². The fraction of sp³-hybridized carbons (Fsp3) is 0.238. The molecule has 0 spiro atoms. The van der Waals surface area contributed by atoms with Gasteiger partial charge in [-0.15, -0.1) is 0 Å². The second-order valence-corrected chi connectivity index (χ2v) is 6.30. The molecule has 0 unspecified atom stereocenters. The minimum absolute atomic E-state index is 0.0473. The maximum absolute atomic E-state index is 13.1. The van der Waals surface area contributed by atoms with Crippen LogP contribution in [0.3, 0.4) is 0 Å². The van der Waals surface area contributed by atoms with E-state index in [9.17, 15) is 14.7 Å². The van der Waals surface area contributed by atoms with Gasteiger partial charge in [0.1, 0.15) is 11.3 Å². The summed E-state index contributed by atoms with van der Waals surface area (Å²) in [5, 5.41) is 9.87. The van der Waals surface area contributed by atoms with Crippen molar-refractivity contribution in [1.29, 1.82) is 0 Å². The Balaban J connectivity index is 1.91. The number of fused-ring (bicyclic) bond motifs is 2.